The molecule has 0 radical (unpaired) electrons. The van der Waals surface area contributed by atoms with Crippen LogP contribution >= 0.6 is 34.8 Å². The summed E-state index contributed by atoms with van der Waals surface area (Å²) in [6.45, 7) is 3.33. The molecule has 0 aromatic heterocycles. The summed E-state index contributed by atoms with van der Waals surface area (Å²) < 4.78 is -1.98. The van der Waals surface area contributed by atoms with Crippen LogP contribution in [0.2, 0.25) is 0 Å². The predicted octanol–water partition coefficient (Wildman–Crippen LogP) is 1.80. The van der Waals surface area contributed by atoms with E-state index in [2.05, 4.69) is 11.9 Å². The SMILES string of the molecule is C=CCCC(CO)NC(=O)C(Cl)(Cl)Cl. The van der Waals surface area contributed by atoms with E-state index < -0.39 is 15.7 Å². The largest absolute Gasteiger partial charge is 0.394 e. The first-order valence-corrected chi connectivity index (χ1v) is 5.14. The fraction of sp³-hybridized carbons (Fsp3) is 0.625. The number of halogens is 3. The Hall–Kier alpha value is 0.0400. The zero-order chi connectivity index (χ0) is 11.2. The molecule has 1 atom stereocenters. The fourth-order valence-electron chi connectivity index (χ4n) is 0.795. The maximum Gasteiger partial charge on any atom is 0.272 e. The Kier molecular flexibility index (Phi) is 6.53. The van der Waals surface area contributed by atoms with Crippen LogP contribution in [-0.2, 0) is 4.79 Å². The molecule has 0 aliphatic carbocycles. The maximum absolute atomic E-state index is 11.2. The van der Waals surface area contributed by atoms with Crippen molar-refractivity contribution < 1.29 is 9.90 Å². The van der Waals surface area contributed by atoms with Crippen molar-refractivity contribution >= 4 is 40.7 Å². The second kappa shape index (κ2) is 6.51. The zero-order valence-corrected chi connectivity index (χ0v) is 9.74. The van der Waals surface area contributed by atoms with E-state index in [4.69, 9.17) is 39.9 Å². The Bertz CT molecular complexity index is 203. The number of carbonyl (C=O) groups is 1. The smallest absolute Gasteiger partial charge is 0.272 e. The lowest BCUT2D eigenvalue weighted by Gasteiger charge is -2.18. The van der Waals surface area contributed by atoms with Crippen LogP contribution in [-0.4, -0.2) is 27.5 Å². The van der Waals surface area contributed by atoms with E-state index in [0.717, 1.165) is 0 Å². The lowest BCUT2D eigenvalue weighted by molar-refractivity contribution is -0.121. The van der Waals surface area contributed by atoms with Crippen molar-refractivity contribution in [1.29, 1.82) is 0 Å². The van der Waals surface area contributed by atoms with Gasteiger partial charge in [0.2, 0.25) is 0 Å². The lowest BCUT2D eigenvalue weighted by atomic mass is 10.1. The third-order valence-corrected chi connectivity index (χ3v) is 2.05. The summed E-state index contributed by atoms with van der Waals surface area (Å²) in [4.78, 5) is 11.2. The van der Waals surface area contributed by atoms with E-state index in [1.165, 1.54) is 0 Å². The molecule has 2 N–H and O–H groups in total. The molecule has 0 aliphatic heterocycles. The first-order chi connectivity index (χ1) is 6.41. The third kappa shape index (κ3) is 5.70. The molecule has 0 spiro atoms. The number of hydrogen-bond acceptors (Lipinski definition) is 2. The molecule has 6 heteroatoms. The van der Waals surface area contributed by atoms with Gasteiger partial charge in [-0.1, -0.05) is 40.9 Å². The van der Waals surface area contributed by atoms with Gasteiger partial charge in [0.1, 0.15) is 0 Å². The van der Waals surface area contributed by atoms with Gasteiger partial charge < -0.3 is 10.4 Å². The van der Waals surface area contributed by atoms with Gasteiger partial charge in [-0.15, -0.1) is 6.58 Å². The molecule has 82 valence electrons. The Morgan fingerprint density at radius 3 is 2.50 bits per heavy atom. The first-order valence-electron chi connectivity index (χ1n) is 4.01. The molecule has 0 saturated carbocycles. The topological polar surface area (TPSA) is 49.3 Å². The zero-order valence-electron chi connectivity index (χ0n) is 7.47. The maximum atomic E-state index is 11.2. The Morgan fingerprint density at radius 2 is 2.14 bits per heavy atom. The van der Waals surface area contributed by atoms with Crippen LogP contribution in [0.15, 0.2) is 12.7 Å². The van der Waals surface area contributed by atoms with Gasteiger partial charge >= 0.3 is 0 Å². The average Bonchev–Trinajstić information content (AvgIpc) is 2.10. The third-order valence-electron chi connectivity index (χ3n) is 1.53. The number of carbonyl (C=O) groups excluding carboxylic acids is 1. The minimum atomic E-state index is -1.98. The van der Waals surface area contributed by atoms with Gasteiger partial charge in [0.25, 0.3) is 9.70 Å². The molecule has 0 aromatic rings. The average molecular weight is 261 g/mol. The molecule has 1 unspecified atom stereocenters. The van der Waals surface area contributed by atoms with Crippen LogP contribution in [0.5, 0.6) is 0 Å². The summed E-state index contributed by atoms with van der Waals surface area (Å²) in [6, 6.07) is -0.406. The number of hydrogen-bond donors (Lipinski definition) is 2. The van der Waals surface area contributed by atoms with Crippen LogP contribution in [0.4, 0.5) is 0 Å². The number of aliphatic hydroxyl groups excluding tert-OH is 1. The quantitative estimate of drug-likeness (QED) is 0.585. The molecule has 3 nitrogen and oxygen atoms in total. The van der Waals surface area contributed by atoms with Crippen molar-refractivity contribution in [2.45, 2.75) is 22.7 Å². The van der Waals surface area contributed by atoms with Crippen molar-refractivity contribution in [2.75, 3.05) is 6.61 Å². The molecule has 0 aromatic carbocycles. The van der Waals surface area contributed by atoms with Crippen molar-refractivity contribution in [3.05, 3.63) is 12.7 Å². The van der Waals surface area contributed by atoms with Gasteiger partial charge in [-0.2, -0.15) is 0 Å². The Labute approximate surface area is 98.0 Å². The van der Waals surface area contributed by atoms with Gasteiger partial charge in [0.05, 0.1) is 12.6 Å². The molecule has 0 rings (SSSR count). The van der Waals surface area contributed by atoms with Crippen molar-refractivity contribution in [1.82, 2.24) is 5.32 Å². The van der Waals surface area contributed by atoms with Crippen LogP contribution in [0, 0.1) is 0 Å². The number of allylic oxidation sites excluding steroid dienone is 1. The highest BCUT2D eigenvalue weighted by molar-refractivity contribution is 6.76. The van der Waals surface area contributed by atoms with E-state index in [-0.39, 0.29) is 6.61 Å². The summed E-state index contributed by atoms with van der Waals surface area (Å²) in [5, 5.41) is 11.3. The summed E-state index contributed by atoms with van der Waals surface area (Å²) in [5.74, 6) is -0.731. The van der Waals surface area contributed by atoms with E-state index in [9.17, 15) is 4.79 Å². The van der Waals surface area contributed by atoms with Crippen LogP contribution in [0.3, 0.4) is 0 Å². The molecule has 14 heavy (non-hydrogen) atoms. The summed E-state index contributed by atoms with van der Waals surface area (Å²) >= 11 is 16.0. The van der Waals surface area contributed by atoms with E-state index in [0.29, 0.717) is 12.8 Å². The number of alkyl halides is 3. The molecule has 1 amide bonds. The summed E-state index contributed by atoms with van der Waals surface area (Å²) in [5.41, 5.74) is 0. The highest BCUT2D eigenvalue weighted by Crippen LogP contribution is 2.26. The molecule has 0 aliphatic rings. The van der Waals surface area contributed by atoms with Gasteiger partial charge in [-0.3, -0.25) is 4.79 Å². The first kappa shape index (κ1) is 14.0. The number of rotatable bonds is 5. The van der Waals surface area contributed by atoms with Gasteiger partial charge in [0, 0.05) is 0 Å². The predicted molar refractivity (Wildman–Crippen MR) is 58.7 cm³/mol. The molecule has 0 fully saturated rings. The summed E-state index contributed by atoms with van der Waals surface area (Å²) in [6.07, 6.45) is 2.92. The van der Waals surface area contributed by atoms with Crippen molar-refractivity contribution in [3.8, 4) is 0 Å². The molecule has 0 saturated heterocycles. The van der Waals surface area contributed by atoms with Gasteiger partial charge in [-0.25, -0.2) is 0 Å². The number of amides is 1. The molecule has 0 bridgehead atoms. The van der Waals surface area contributed by atoms with Crippen LogP contribution in [0.25, 0.3) is 0 Å². The molecular weight excluding hydrogens is 248 g/mol. The second-order valence-corrected chi connectivity index (χ2v) is 5.00. The van der Waals surface area contributed by atoms with Crippen molar-refractivity contribution in [2.24, 2.45) is 0 Å². The standard InChI is InChI=1S/C8H12Cl3NO2/c1-2-3-4-6(5-13)12-7(14)8(9,10)11/h2,6,13H,1,3-5H2,(H,12,14). The van der Waals surface area contributed by atoms with Crippen LogP contribution in [0.1, 0.15) is 12.8 Å². The number of aliphatic hydroxyl groups is 1. The fourth-order valence-corrected chi connectivity index (χ4v) is 0.959. The lowest BCUT2D eigenvalue weighted by Crippen LogP contribution is -2.43. The Balaban J connectivity index is 4.05. The van der Waals surface area contributed by atoms with E-state index in [1.54, 1.807) is 6.08 Å². The monoisotopic (exact) mass is 259 g/mol. The molecule has 0 heterocycles. The molecular formula is C8H12Cl3NO2. The van der Waals surface area contributed by atoms with E-state index in [1.807, 2.05) is 0 Å². The Morgan fingerprint density at radius 1 is 1.57 bits per heavy atom. The highest BCUT2D eigenvalue weighted by Gasteiger charge is 2.31. The van der Waals surface area contributed by atoms with E-state index >= 15 is 0 Å². The minimum absolute atomic E-state index is 0.194. The second-order valence-electron chi connectivity index (χ2n) is 2.72. The van der Waals surface area contributed by atoms with Crippen LogP contribution < -0.4 is 5.32 Å². The minimum Gasteiger partial charge on any atom is -0.394 e. The highest BCUT2D eigenvalue weighted by atomic mass is 35.6. The number of nitrogens with one attached hydrogen (secondary N) is 1. The van der Waals surface area contributed by atoms with Crippen molar-refractivity contribution in [3.63, 3.8) is 0 Å². The summed E-state index contributed by atoms with van der Waals surface area (Å²) in [7, 11) is 0. The van der Waals surface area contributed by atoms with Gasteiger partial charge in [0.15, 0.2) is 0 Å². The van der Waals surface area contributed by atoms with Gasteiger partial charge in [-0.05, 0) is 12.8 Å². The normalized spacial score (nSPS) is 13.4.